The summed E-state index contributed by atoms with van der Waals surface area (Å²) in [7, 11) is 3.11. The molecule has 2 rings (SSSR count). The highest BCUT2D eigenvalue weighted by molar-refractivity contribution is 5.37. The molecule has 2 N–H and O–H groups in total. The largest absolute Gasteiger partial charge is 0.481 e. The number of aromatic nitrogens is 2. The average molecular weight is 282 g/mol. The Hall–Kier alpha value is -1.60. The van der Waals surface area contributed by atoms with Crippen LogP contribution in [0, 0.1) is 0 Å². The lowest BCUT2D eigenvalue weighted by molar-refractivity contribution is 0.299. The maximum absolute atomic E-state index is 9.24. The molecule has 1 aromatic rings. The lowest BCUT2D eigenvalue weighted by Crippen LogP contribution is -2.40. The Morgan fingerprint density at radius 3 is 2.55 bits per heavy atom. The number of hydrogen-bond donors (Lipinski definition) is 2. The summed E-state index contributed by atoms with van der Waals surface area (Å²) >= 11 is 0. The van der Waals surface area contributed by atoms with E-state index in [9.17, 15) is 5.11 Å². The van der Waals surface area contributed by atoms with Crippen molar-refractivity contribution in [3.8, 4) is 11.8 Å². The van der Waals surface area contributed by atoms with E-state index < -0.39 is 0 Å². The quantitative estimate of drug-likeness (QED) is 0.731. The minimum absolute atomic E-state index is 0.0512. The van der Waals surface area contributed by atoms with Gasteiger partial charge >= 0.3 is 0 Å². The summed E-state index contributed by atoms with van der Waals surface area (Å²) in [5.74, 6) is 1.42. The summed E-state index contributed by atoms with van der Waals surface area (Å²) in [6.45, 7) is 2.33. The normalized spacial score (nSPS) is 18.1. The molecule has 0 aliphatic carbocycles. The summed E-state index contributed by atoms with van der Waals surface area (Å²) < 4.78 is 10.3. The molecule has 0 spiro atoms. The van der Waals surface area contributed by atoms with Gasteiger partial charge in [-0.05, 0) is 19.4 Å². The second-order valence-electron chi connectivity index (χ2n) is 4.72. The van der Waals surface area contributed by atoms with Crippen LogP contribution in [0.2, 0.25) is 0 Å². The molecule has 1 aliphatic rings. The number of anilines is 1. The van der Waals surface area contributed by atoms with E-state index in [1.165, 1.54) is 6.42 Å². The Morgan fingerprint density at radius 2 is 2.05 bits per heavy atom. The van der Waals surface area contributed by atoms with E-state index in [0.717, 1.165) is 19.5 Å². The fourth-order valence-corrected chi connectivity index (χ4v) is 2.32. The lowest BCUT2D eigenvalue weighted by Gasteiger charge is -2.25. The summed E-state index contributed by atoms with van der Waals surface area (Å²) in [4.78, 5) is 10.6. The number of nitrogens with one attached hydrogen (secondary N) is 1. The first-order chi connectivity index (χ1) is 9.76. The molecule has 1 aliphatic heterocycles. The zero-order valence-electron chi connectivity index (χ0n) is 12.0. The van der Waals surface area contributed by atoms with Crippen molar-refractivity contribution in [2.24, 2.45) is 0 Å². The van der Waals surface area contributed by atoms with Crippen LogP contribution in [0.25, 0.3) is 0 Å². The van der Waals surface area contributed by atoms with Crippen molar-refractivity contribution in [1.29, 1.82) is 0 Å². The maximum Gasteiger partial charge on any atom is 0.232 e. The minimum Gasteiger partial charge on any atom is -0.481 e. The Morgan fingerprint density at radius 1 is 1.35 bits per heavy atom. The van der Waals surface area contributed by atoms with Crippen molar-refractivity contribution in [1.82, 2.24) is 15.3 Å². The summed E-state index contributed by atoms with van der Waals surface area (Å²) in [5.41, 5.74) is 0. The third-order valence-electron chi connectivity index (χ3n) is 3.34. The van der Waals surface area contributed by atoms with Crippen molar-refractivity contribution in [3.05, 3.63) is 6.07 Å². The molecule has 7 nitrogen and oxygen atoms in total. The van der Waals surface area contributed by atoms with Crippen LogP contribution >= 0.6 is 0 Å². The highest BCUT2D eigenvalue weighted by atomic mass is 16.5. The average Bonchev–Trinajstić information content (AvgIpc) is 2.99. The summed E-state index contributed by atoms with van der Waals surface area (Å²) in [6, 6.07) is 2.04. The van der Waals surface area contributed by atoms with Crippen LogP contribution in [0.5, 0.6) is 11.8 Å². The van der Waals surface area contributed by atoms with Crippen LogP contribution in [-0.2, 0) is 0 Å². The molecule has 0 amide bonds. The SMILES string of the molecule is COc1cc(OC)nc(N(CCO)CC2CCCN2)n1. The fourth-order valence-electron chi connectivity index (χ4n) is 2.32. The molecule has 1 unspecified atom stereocenters. The van der Waals surface area contributed by atoms with Gasteiger partial charge in [-0.3, -0.25) is 0 Å². The Balaban J connectivity index is 2.17. The van der Waals surface area contributed by atoms with E-state index in [4.69, 9.17) is 9.47 Å². The van der Waals surface area contributed by atoms with E-state index in [2.05, 4.69) is 15.3 Å². The van der Waals surface area contributed by atoms with Crippen LogP contribution in [-0.4, -0.2) is 61.6 Å². The molecule has 2 heterocycles. The molecule has 1 saturated heterocycles. The van der Waals surface area contributed by atoms with Crippen LogP contribution < -0.4 is 19.7 Å². The van der Waals surface area contributed by atoms with Crippen LogP contribution in [0.1, 0.15) is 12.8 Å². The monoisotopic (exact) mass is 282 g/mol. The third-order valence-corrected chi connectivity index (χ3v) is 3.34. The summed E-state index contributed by atoms with van der Waals surface area (Å²) in [6.07, 6.45) is 2.31. The number of hydrogen-bond acceptors (Lipinski definition) is 7. The van der Waals surface area contributed by atoms with Crippen LogP contribution in [0.3, 0.4) is 0 Å². The van der Waals surface area contributed by atoms with Gasteiger partial charge in [-0.25, -0.2) is 0 Å². The molecule has 1 aromatic heterocycles. The van der Waals surface area contributed by atoms with Crippen LogP contribution in [0.4, 0.5) is 5.95 Å². The predicted octanol–water partition coefficient (Wildman–Crippen LogP) is 0.0445. The molecule has 0 radical (unpaired) electrons. The molecule has 7 heteroatoms. The third kappa shape index (κ3) is 3.71. The van der Waals surface area contributed by atoms with Gasteiger partial charge in [0.15, 0.2) is 0 Å². The first-order valence-electron chi connectivity index (χ1n) is 6.83. The second-order valence-corrected chi connectivity index (χ2v) is 4.72. The molecular weight excluding hydrogens is 260 g/mol. The zero-order valence-corrected chi connectivity index (χ0v) is 12.0. The highest BCUT2D eigenvalue weighted by Gasteiger charge is 2.20. The number of aliphatic hydroxyl groups excluding tert-OH is 1. The number of nitrogens with zero attached hydrogens (tertiary/aromatic N) is 3. The van der Waals surface area contributed by atoms with Gasteiger partial charge in [-0.2, -0.15) is 9.97 Å². The lowest BCUT2D eigenvalue weighted by atomic mass is 10.2. The van der Waals surface area contributed by atoms with Gasteiger partial charge in [0, 0.05) is 19.1 Å². The molecule has 1 atom stereocenters. The predicted molar refractivity (Wildman–Crippen MR) is 75.5 cm³/mol. The van der Waals surface area contributed by atoms with Crippen molar-refractivity contribution in [2.75, 3.05) is 45.4 Å². The minimum atomic E-state index is 0.0512. The Kier molecular flexibility index (Phi) is 5.37. The van der Waals surface area contributed by atoms with E-state index in [1.807, 2.05) is 4.90 Å². The fraction of sp³-hybridized carbons (Fsp3) is 0.692. The maximum atomic E-state index is 9.24. The zero-order chi connectivity index (χ0) is 14.4. The molecule has 20 heavy (non-hydrogen) atoms. The number of ether oxygens (including phenoxy) is 2. The van der Waals surface area contributed by atoms with Crippen molar-refractivity contribution >= 4 is 5.95 Å². The molecule has 0 aromatic carbocycles. The number of methoxy groups -OCH3 is 2. The molecule has 0 bridgehead atoms. The van der Waals surface area contributed by atoms with Crippen LogP contribution in [0.15, 0.2) is 6.07 Å². The topological polar surface area (TPSA) is 79.7 Å². The van der Waals surface area contributed by atoms with Crippen molar-refractivity contribution < 1.29 is 14.6 Å². The second kappa shape index (κ2) is 7.25. The van der Waals surface area contributed by atoms with Crippen molar-refractivity contribution in [3.63, 3.8) is 0 Å². The van der Waals surface area contributed by atoms with Gasteiger partial charge in [-0.1, -0.05) is 0 Å². The molecular formula is C13H22N4O3. The molecule has 0 saturated carbocycles. The van der Waals surface area contributed by atoms with E-state index in [1.54, 1.807) is 20.3 Å². The van der Waals surface area contributed by atoms with E-state index >= 15 is 0 Å². The first-order valence-corrected chi connectivity index (χ1v) is 6.83. The summed E-state index contributed by atoms with van der Waals surface area (Å²) in [5, 5.41) is 12.7. The smallest absolute Gasteiger partial charge is 0.232 e. The van der Waals surface area contributed by atoms with Gasteiger partial charge in [0.05, 0.1) is 26.9 Å². The van der Waals surface area contributed by atoms with Gasteiger partial charge in [0.2, 0.25) is 17.7 Å². The van der Waals surface area contributed by atoms with Gasteiger partial charge in [0.1, 0.15) is 0 Å². The Labute approximate surface area is 118 Å². The highest BCUT2D eigenvalue weighted by Crippen LogP contribution is 2.21. The number of rotatable bonds is 7. The van der Waals surface area contributed by atoms with E-state index in [-0.39, 0.29) is 6.61 Å². The van der Waals surface area contributed by atoms with Gasteiger partial charge < -0.3 is 24.8 Å². The van der Waals surface area contributed by atoms with Gasteiger partial charge in [0.25, 0.3) is 0 Å². The molecule has 112 valence electrons. The van der Waals surface area contributed by atoms with E-state index in [0.29, 0.717) is 30.3 Å². The first kappa shape index (κ1) is 14.8. The number of aliphatic hydroxyl groups is 1. The van der Waals surface area contributed by atoms with Gasteiger partial charge in [-0.15, -0.1) is 0 Å². The van der Waals surface area contributed by atoms with Crippen molar-refractivity contribution in [2.45, 2.75) is 18.9 Å². The Bertz CT molecular complexity index is 402. The molecule has 1 fully saturated rings. The standard InChI is InChI=1S/C13H22N4O3/c1-19-11-8-12(20-2)16-13(15-11)17(6-7-18)9-10-4-3-5-14-10/h8,10,14,18H,3-7,9H2,1-2H3.